The van der Waals surface area contributed by atoms with Gasteiger partial charge in [-0.15, -0.1) is 0 Å². The summed E-state index contributed by atoms with van der Waals surface area (Å²) in [5.41, 5.74) is 3.92. The zero-order valence-corrected chi connectivity index (χ0v) is 23.7. The number of amides is 1. The number of fused-ring (bicyclic) bond motifs is 1. The van der Waals surface area contributed by atoms with Crippen LogP contribution >= 0.6 is 0 Å². The number of hydrogen-bond acceptors (Lipinski definition) is 6. The number of sulfonamides is 1. The van der Waals surface area contributed by atoms with Crippen LogP contribution in [0.1, 0.15) is 44.7 Å². The summed E-state index contributed by atoms with van der Waals surface area (Å²) in [6.07, 6.45) is 4.64. The third-order valence-corrected chi connectivity index (χ3v) is 10.00. The molecule has 1 amide bonds. The molecule has 0 bridgehead atoms. The van der Waals surface area contributed by atoms with E-state index in [9.17, 15) is 13.2 Å². The first-order valence-electron chi connectivity index (χ1n) is 13.9. The Morgan fingerprint density at radius 2 is 1.82 bits per heavy atom. The summed E-state index contributed by atoms with van der Waals surface area (Å²) < 4.78 is 39.4. The molecule has 8 nitrogen and oxygen atoms in total. The summed E-state index contributed by atoms with van der Waals surface area (Å²) in [7, 11) is -1.49. The third-order valence-electron chi connectivity index (χ3n) is 8.52. The van der Waals surface area contributed by atoms with Crippen LogP contribution in [0.25, 0.3) is 11.1 Å². The number of nitrogens with zero attached hydrogens (tertiary/aromatic N) is 1. The van der Waals surface area contributed by atoms with E-state index in [4.69, 9.17) is 9.47 Å². The van der Waals surface area contributed by atoms with Crippen molar-refractivity contribution in [3.63, 3.8) is 0 Å². The second-order valence-corrected chi connectivity index (χ2v) is 12.9. The maximum atomic E-state index is 13.4. The molecule has 2 fully saturated rings. The van der Waals surface area contributed by atoms with E-state index < -0.39 is 15.4 Å². The van der Waals surface area contributed by atoms with Gasteiger partial charge in [-0.2, -0.15) is 0 Å². The predicted octanol–water partition coefficient (Wildman–Crippen LogP) is 5.07. The molecule has 3 aromatic rings. The Kier molecular flexibility index (Phi) is 7.06. The summed E-state index contributed by atoms with van der Waals surface area (Å²) in [6.45, 7) is 3.70. The summed E-state index contributed by atoms with van der Waals surface area (Å²) in [5.74, 6) is 1.34. The van der Waals surface area contributed by atoms with E-state index in [0.717, 1.165) is 54.5 Å². The van der Waals surface area contributed by atoms with Gasteiger partial charge in [0.05, 0.1) is 10.3 Å². The number of benzene rings is 3. The van der Waals surface area contributed by atoms with Gasteiger partial charge in [0.1, 0.15) is 0 Å². The lowest BCUT2D eigenvalue weighted by Gasteiger charge is -2.19. The quantitative estimate of drug-likeness (QED) is 0.377. The first-order valence-corrected chi connectivity index (χ1v) is 15.4. The number of carbonyl (C=O) groups excluding carboxylic acids is 1. The molecule has 212 valence electrons. The number of hydrogen-bond donors (Lipinski definition) is 2. The van der Waals surface area contributed by atoms with Crippen molar-refractivity contribution in [3.8, 4) is 22.6 Å². The summed E-state index contributed by atoms with van der Waals surface area (Å²) in [5, 5.41) is 3.11. The number of aryl methyl sites for hydroxylation is 1. The van der Waals surface area contributed by atoms with Gasteiger partial charge in [-0.3, -0.25) is 4.79 Å². The fraction of sp³-hybridized carbons (Fsp3) is 0.387. The van der Waals surface area contributed by atoms with Crippen LogP contribution in [0.2, 0.25) is 0 Å². The molecule has 1 saturated heterocycles. The average molecular weight is 564 g/mol. The molecule has 9 heteroatoms. The zero-order chi connectivity index (χ0) is 27.9. The van der Waals surface area contributed by atoms with Gasteiger partial charge in [-0.1, -0.05) is 24.3 Å². The van der Waals surface area contributed by atoms with Gasteiger partial charge in [0.2, 0.25) is 22.7 Å². The number of ether oxygens (including phenoxy) is 2. The fourth-order valence-electron chi connectivity index (χ4n) is 5.83. The zero-order valence-electron chi connectivity index (χ0n) is 22.9. The summed E-state index contributed by atoms with van der Waals surface area (Å²) >= 11 is 0. The number of likely N-dealkylation sites (tertiary alicyclic amines) is 1. The van der Waals surface area contributed by atoms with E-state index in [2.05, 4.69) is 22.0 Å². The average Bonchev–Trinajstić information content (AvgIpc) is 3.46. The molecule has 1 aliphatic carbocycles. The minimum atomic E-state index is -3.58. The van der Waals surface area contributed by atoms with Crippen molar-refractivity contribution < 1.29 is 24.1 Å². The highest BCUT2D eigenvalue weighted by Crippen LogP contribution is 2.51. The number of nitrogens with one attached hydrogen (secondary N) is 2. The first-order chi connectivity index (χ1) is 19.2. The predicted molar refractivity (Wildman–Crippen MR) is 156 cm³/mol. The van der Waals surface area contributed by atoms with Crippen LogP contribution in [0.5, 0.6) is 11.5 Å². The Balaban J connectivity index is 0.00000337. The Labute approximate surface area is 237 Å². The molecular formula is C31H37N3O5S. The summed E-state index contributed by atoms with van der Waals surface area (Å²) in [4.78, 5) is 16.0. The molecule has 1 saturated carbocycles. The maximum Gasteiger partial charge on any atom is 0.240 e. The minimum absolute atomic E-state index is 0. The van der Waals surface area contributed by atoms with Gasteiger partial charge in [0.15, 0.2) is 11.5 Å². The van der Waals surface area contributed by atoms with E-state index in [-0.39, 0.29) is 19.0 Å². The molecule has 3 aliphatic rings. The van der Waals surface area contributed by atoms with Crippen LogP contribution in [0, 0.1) is 6.92 Å². The van der Waals surface area contributed by atoms with Crippen molar-refractivity contribution in [2.24, 2.45) is 0 Å². The fourth-order valence-corrected chi connectivity index (χ4v) is 6.88. The molecule has 6 rings (SSSR count). The molecule has 0 radical (unpaired) electrons. The SMILES string of the molecule is Cc1ccc(NC(=O)C2(c3ccc4c(c3)OCO4)CC2)cc1-c1ccc(S(=O)(=O)NCCC2CCCN2C)cc1.[HH]. The lowest BCUT2D eigenvalue weighted by Crippen LogP contribution is -2.31. The number of anilines is 1. The molecule has 2 N–H and O–H groups in total. The Morgan fingerprint density at radius 3 is 2.55 bits per heavy atom. The molecule has 2 aliphatic heterocycles. The van der Waals surface area contributed by atoms with Crippen LogP contribution in [-0.2, 0) is 20.2 Å². The van der Waals surface area contributed by atoms with Gasteiger partial charge in [0, 0.05) is 19.7 Å². The second-order valence-electron chi connectivity index (χ2n) is 11.1. The molecule has 0 spiro atoms. The van der Waals surface area contributed by atoms with E-state index in [1.54, 1.807) is 12.1 Å². The van der Waals surface area contributed by atoms with Crippen LogP contribution in [-0.4, -0.2) is 52.2 Å². The normalized spacial score (nSPS) is 19.5. The van der Waals surface area contributed by atoms with Crippen LogP contribution in [0.3, 0.4) is 0 Å². The molecule has 1 atom stereocenters. The maximum absolute atomic E-state index is 13.4. The van der Waals surface area contributed by atoms with Crippen molar-refractivity contribution in [2.75, 3.05) is 32.2 Å². The lowest BCUT2D eigenvalue weighted by atomic mass is 9.94. The molecule has 3 aromatic carbocycles. The monoisotopic (exact) mass is 563 g/mol. The standard InChI is InChI=1S/C31H35N3O5S.H2/c1-21-5-9-24(33-30(35)31(14-15-31)23-8-12-28-29(18-23)39-20-38-28)19-27(21)22-6-10-26(11-7-22)40(36,37)32-16-13-25-4-3-17-34(25)2;/h5-12,18-19,25,32H,3-4,13-17,20H2,1-2H3,(H,33,35);1H. The highest BCUT2D eigenvalue weighted by Gasteiger charge is 2.51. The highest BCUT2D eigenvalue weighted by atomic mass is 32.2. The molecule has 1 unspecified atom stereocenters. The Hall–Kier alpha value is -3.40. The van der Waals surface area contributed by atoms with Crippen molar-refractivity contribution in [1.29, 1.82) is 0 Å². The van der Waals surface area contributed by atoms with Gasteiger partial charge in [0.25, 0.3) is 0 Å². The molecular weight excluding hydrogens is 526 g/mol. The minimum Gasteiger partial charge on any atom is -0.454 e. The third kappa shape index (κ3) is 5.21. The molecule has 0 aromatic heterocycles. The van der Waals surface area contributed by atoms with E-state index >= 15 is 0 Å². The van der Waals surface area contributed by atoms with Crippen LogP contribution < -0.4 is 19.5 Å². The van der Waals surface area contributed by atoms with Crippen molar-refractivity contribution in [3.05, 3.63) is 71.8 Å². The van der Waals surface area contributed by atoms with Crippen molar-refractivity contribution in [2.45, 2.75) is 55.4 Å². The van der Waals surface area contributed by atoms with E-state index in [1.165, 1.54) is 6.42 Å². The highest BCUT2D eigenvalue weighted by molar-refractivity contribution is 7.89. The van der Waals surface area contributed by atoms with E-state index in [0.29, 0.717) is 29.8 Å². The molecule has 2 heterocycles. The smallest absolute Gasteiger partial charge is 0.240 e. The van der Waals surface area contributed by atoms with Crippen molar-refractivity contribution >= 4 is 21.6 Å². The summed E-state index contributed by atoms with van der Waals surface area (Å²) in [6, 6.07) is 18.9. The topological polar surface area (TPSA) is 97.0 Å². The Bertz CT molecular complexity index is 1540. The Morgan fingerprint density at radius 1 is 1.05 bits per heavy atom. The van der Waals surface area contributed by atoms with E-state index in [1.807, 2.05) is 55.5 Å². The van der Waals surface area contributed by atoms with Crippen LogP contribution in [0.15, 0.2) is 65.6 Å². The first kappa shape index (κ1) is 26.8. The van der Waals surface area contributed by atoms with Crippen LogP contribution in [0.4, 0.5) is 5.69 Å². The van der Waals surface area contributed by atoms with Gasteiger partial charge in [-0.25, -0.2) is 13.1 Å². The van der Waals surface area contributed by atoms with Gasteiger partial charge in [-0.05, 0) is 111 Å². The van der Waals surface area contributed by atoms with Gasteiger partial charge >= 0.3 is 0 Å². The second kappa shape index (κ2) is 10.5. The number of rotatable bonds is 9. The largest absolute Gasteiger partial charge is 0.454 e. The van der Waals surface area contributed by atoms with Gasteiger partial charge < -0.3 is 19.7 Å². The van der Waals surface area contributed by atoms with Crippen molar-refractivity contribution in [1.82, 2.24) is 9.62 Å². The number of carbonyl (C=O) groups is 1. The lowest BCUT2D eigenvalue weighted by molar-refractivity contribution is -0.118. The molecule has 40 heavy (non-hydrogen) atoms.